The largest absolute Gasteiger partial charge is 0.335 e. The van der Waals surface area contributed by atoms with Crippen molar-refractivity contribution >= 4 is 5.91 Å². The molecule has 1 amide bonds. The van der Waals surface area contributed by atoms with Gasteiger partial charge in [0.2, 0.25) is 0 Å². The summed E-state index contributed by atoms with van der Waals surface area (Å²) in [4.78, 5) is 19.1. The van der Waals surface area contributed by atoms with Crippen LogP contribution in [0.4, 0.5) is 0 Å². The van der Waals surface area contributed by atoms with Crippen LogP contribution in [-0.2, 0) is 6.42 Å². The molecule has 1 aliphatic rings. The van der Waals surface area contributed by atoms with E-state index >= 15 is 0 Å². The van der Waals surface area contributed by atoms with Crippen molar-refractivity contribution in [2.75, 3.05) is 7.05 Å². The van der Waals surface area contributed by atoms with E-state index in [2.05, 4.69) is 34.4 Å². The van der Waals surface area contributed by atoms with Gasteiger partial charge in [-0.2, -0.15) is 4.98 Å². The highest BCUT2D eigenvalue weighted by Gasteiger charge is 2.27. The second kappa shape index (κ2) is 6.75. The Hall–Kier alpha value is -2.95. The standard InChI is InChI=1S/C21H21N3O2/c1-14-22-20(26-23-14)16-10-12-17(13-11-16)21(25)24(2)19-9-5-7-15-6-3-4-8-18(15)19/h3-4,6,8,10-13,19H,5,7,9H2,1-2H3. The van der Waals surface area contributed by atoms with Crippen LogP contribution < -0.4 is 0 Å². The number of carbonyl (C=O) groups is 1. The molecule has 26 heavy (non-hydrogen) atoms. The molecule has 0 saturated heterocycles. The lowest BCUT2D eigenvalue weighted by Crippen LogP contribution is -2.33. The number of hydrogen-bond acceptors (Lipinski definition) is 4. The lowest BCUT2D eigenvalue weighted by Gasteiger charge is -2.33. The highest BCUT2D eigenvalue weighted by molar-refractivity contribution is 5.94. The molecule has 5 nitrogen and oxygen atoms in total. The van der Waals surface area contributed by atoms with Crippen LogP contribution in [0.1, 0.15) is 46.2 Å². The van der Waals surface area contributed by atoms with Gasteiger partial charge < -0.3 is 9.42 Å². The minimum Gasteiger partial charge on any atom is -0.335 e. The Morgan fingerprint density at radius 1 is 1.15 bits per heavy atom. The SMILES string of the molecule is Cc1noc(-c2ccc(C(=O)N(C)C3CCCc4ccccc43)cc2)n1. The van der Waals surface area contributed by atoms with Gasteiger partial charge in [0.25, 0.3) is 11.8 Å². The molecule has 1 heterocycles. The van der Waals surface area contributed by atoms with Crippen molar-refractivity contribution in [2.45, 2.75) is 32.2 Å². The third kappa shape index (κ3) is 3.01. The maximum Gasteiger partial charge on any atom is 0.257 e. The number of aryl methyl sites for hydroxylation is 2. The van der Waals surface area contributed by atoms with E-state index in [-0.39, 0.29) is 11.9 Å². The summed E-state index contributed by atoms with van der Waals surface area (Å²) >= 11 is 0. The normalized spacial score (nSPS) is 16.2. The number of aromatic nitrogens is 2. The van der Waals surface area contributed by atoms with Crippen LogP contribution in [0.2, 0.25) is 0 Å². The maximum atomic E-state index is 13.0. The summed E-state index contributed by atoms with van der Waals surface area (Å²) in [7, 11) is 1.89. The second-order valence-electron chi connectivity index (χ2n) is 6.75. The third-order valence-electron chi connectivity index (χ3n) is 5.03. The zero-order valence-corrected chi connectivity index (χ0v) is 15.0. The quantitative estimate of drug-likeness (QED) is 0.713. The highest BCUT2D eigenvalue weighted by Crippen LogP contribution is 2.34. The van der Waals surface area contributed by atoms with Gasteiger partial charge in [-0.15, -0.1) is 0 Å². The fourth-order valence-corrected chi connectivity index (χ4v) is 3.65. The molecule has 0 saturated carbocycles. The predicted octanol–water partition coefficient (Wildman–Crippen LogP) is 4.19. The molecule has 4 rings (SSSR count). The first kappa shape index (κ1) is 16.5. The van der Waals surface area contributed by atoms with Gasteiger partial charge in [0.1, 0.15) is 0 Å². The average molecular weight is 347 g/mol. The summed E-state index contributed by atoms with van der Waals surface area (Å²) in [6, 6.07) is 15.9. The maximum absolute atomic E-state index is 13.0. The van der Waals surface area contributed by atoms with Crippen molar-refractivity contribution in [1.29, 1.82) is 0 Å². The van der Waals surface area contributed by atoms with Crippen LogP contribution in [-0.4, -0.2) is 28.0 Å². The Labute approximate surface area is 152 Å². The van der Waals surface area contributed by atoms with E-state index in [1.807, 2.05) is 36.2 Å². The van der Waals surface area contributed by atoms with Crippen LogP contribution in [0, 0.1) is 6.92 Å². The first-order valence-electron chi connectivity index (χ1n) is 8.89. The summed E-state index contributed by atoms with van der Waals surface area (Å²) in [5, 5.41) is 3.80. The number of amides is 1. The van der Waals surface area contributed by atoms with E-state index < -0.39 is 0 Å². The smallest absolute Gasteiger partial charge is 0.257 e. The Morgan fingerprint density at radius 2 is 1.92 bits per heavy atom. The number of rotatable bonds is 3. The van der Waals surface area contributed by atoms with Crippen LogP contribution in [0.5, 0.6) is 0 Å². The monoisotopic (exact) mass is 347 g/mol. The van der Waals surface area contributed by atoms with E-state index in [4.69, 9.17) is 4.52 Å². The number of fused-ring (bicyclic) bond motifs is 1. The zero-order valence-electron chi connectivity index (χ0n) is 15.0. The molecule has 1 atom stereocenters. The first-order chi connectivity index (χ1) is 12.6. The molecule has 0 fully saturated rings. The molecule has 0 spiro atoms. The van der Waals surface area contributed by atoms with E-state index in [1.54, 1.807) is 6.92 Å². The molecule has 1 aliphatic carbocycles. The Kier molecular flexibility index (Phi) is 4.29. The molecular formula is C21H21N3O2. The molecule has 0 bridgehead atoms. The molecule has 1 aromatic heterocycles. The van der Waals surface area contributed by atoms with Gasteiger partial charge in [0, 0.05) is 18.2 Å². The molecule has 132 valence electrons. The fourth-order valence-electron chi connectivity index (χ4n) is 3.65. The van der Waals surface area contributed by atoms with Crippen LogP contribution in [0.3, 0.4) is 0 Å². The summed E-state index contributed by atoms with van der Waals surface area (Å²) in [6.07, 6.45) is 3.19. The third-order valence-corrected chi connectivity index (χ3v) is 5.03. The molecule has 1 unspecified atom stereocenters. The minimum atomic E-state index is 0.0277. The van der Waals surface area contributed by atoms with Crippen LogP contribution in [0.15, 0.2) is 53.1 Å². The molecule has 2 aromatic carbocycles. The summed E-state index contributed by atoms with van der Waals surface area (Å²) in [6.45, 7) is 1.78. The van der Waals surface area contributed by atoms with Crippen molar-refractivity contribution in [1.82, 2.24) is 15.0 Å². The molecule has 0 aliphatic heterocycles. The van der Waals surface area contributed by atoms with E-state index in [0.717, 1.165) is 24.8 Å². The van der Waals surface area contributed by atoms with Gasteiger partial charge in [-0.25, -0.2) is 0 Å². The van der Waals surface area contributed by atoms with E-state index in [9.17, 15) is 4.79 Å². The van der Waals surface area contributed by atoms with Gasteiger partial charge in [-0.1, -0.05) is 29.4 Å². The number of carbonyl (C=O) groups excluding carboxylic acids is 1. The Balaban J connectivity index is 1.56. The van der Waals surface area contributed by atoms with Crippen molar-refractivity contribution in [3.63, 3.8) is 0 Å². The fraction of sp³-hybridized carbons (Fsp3) is 0.286. The number of nitrogens with zero attached hydrogens (tertiary/aromatic N) is 3. The van der Waals surface area contributed by atoms with E-state index in [1.165, 1.54) is 11.1 Å². The van der Waals surface area contributed by atoms with Crippen LogP contribution >= 0.6 is 0 Å². The molecule has 0 radical (unpaired) electrons. The number of hydrogen-bond donors (Lipinski definition) is 0. The summed E-state index contributed by atoms with van der Waals surface area (Å²) in [5.41, 5.74) is 4.10. The minimum absolute atomic E-state index is 0.0277. The molecule has 0 N–H and O–H groups in total. The zero-order chi connectivity index (χ0) is 18.1. The van der Waals surface area contributed by atoms with Crippen LogP contribution in [0.25, 0.3) is 11.5 Å². The average Bonchev–Trinajstić information content (AvgIpc) is 3.13. The second-order valence-corrected chi connectivity index (χ2v) is 6.75. The topological polar surface area (TPSA) is 59.2 Å². The summed E-state index contributed by atoms with van der Waals surface area (Å²) in [5.74, 6) is 1.09. The lowest BCUT2D eigenvalue weighted by atomic mass is 9.87. The van der Waals surface area contributed by atoms with E-state index in [0.29, 0.717) is 17.3 Å². The van der Waals surface area contributed by atoms with Crippen molar-refractivity contribution in [2.24, 2.45) is 0 Å². The Morgan fingerprint density at radius 3 is 2.65 bits per heavy atom. The van der Waals surface area contributed by atoms with Crippen molar-refractivity contribution in [3.8, 4) is 11.5 Å². The van der Waals surface area contributed by atoms with Gasteiger partial charge in [0.05, 0.1) is 6.04 Å². The van der Waals surface area contributed by atoms with Gasteiger partial charge in [-0.05, 0) is 61.6 Å². The lowest BCUT2D eigenvalue weighted by molar-refractivity contribution is 0.0715. The predicted molar refractivity (Wildman–Crippen MR) is 98.7 cm³/mol. The van der Waals surface area contributed by atoms with Crippen molar-refractivity contribution < 1.29 is 9.32 Å². The van der Waals surface area contributed by atoms with Gasteiger partial charge >= 0.3 is 0 Å². The molecule has 3 aromatic rings. The highest BCUT2D eigenvalue weighted by atomic mass is 16.5. The number of benzene rings is 2. The van der Waals surface area contributed by atoms with Crippen molar-refractivity contribution in [3.05, 3.63) is 71.0 Å². The van der Waals surface area contributed by atoms with Gasteiger partial charge in [0.15, 0.2) is 5.82 Å². The Bertz CT molecular complexity index is 930. The molecule has 5 heteroatoms. The first-order valence-corrected chi connectivity index (χ1v) is 8.89. The van der Waals surface area contributed by atoms with Gasteiger partial charge in [-0.3, -0.25) is 4.79 Å². The molecular weight excluding hydrogens is 326 g/mol. The summed E-state index contributed by atoms with van der Waals surface area (Å²) < 4.78 is 5.18.